The van der Waals surface area contributed by atoms with Crippen molar-refractivity contribution in [3.63, 3.8) is 0 Å². The molecule has 2 aliphatic heterocycles. The third-order valence-electron chi connectivity index (χ3n) is 10.5. The fraction of sp³-hybridized carbons (Fsp3) is 0.826. The molecule has 0 spiro atoms. The monoisotopic (exact) mass is 1310 g/mol. The van der Waals surface area contributed by atoms with Gasteiger partial charge in [-0.15, -0.1) is 0 Å². The van der Waals surface area contributed by atoms with Crippen LogP contribution in [0.3, 0.4) is 0 Å². The standard InChI is InChI=1S/C46H74O27S8/c1-21(58-33(47)13-74)56-11-31-43(68-25(5)62-37(51)17-78)45(70-27(7)64-39(53)19-80)41(66-23(3)60-35(49)15-76)29(72-31)9-55-10-30-42(67-24(4)61-36(50)16-77)46(71-28(8)65-40(54)20-81)44(69-26(6)63-38(52)18-79)32(73-30)12-57-22(2)59-34(48)14-75/h21-32,41-46,74-81H,9-20H2,1-8H3/t21?,22?,23?,24?,25?,26?,27?,28?,29?,30?,31?,32?,41-,42?,43?,44?,45?,46?/m1/s1. The van der Waals surface area contributed by atoms with Crippen molar-refractivity contribution in [3.05, 3.63) is 0 Å². The van der Waals surface area contributed by atoms with Gasteiger partial charge >= 0.3 is 47.8 Å². The maximum absolute atomic E-state index is 12.6. The van der Waals surface area contributed by atoms with Crippen molar-refractivity contribution in [2.24, 2.45) is 0 Å². The number of thiol groups is 8. The van der Waals surface area contributed by atoms with Gasteiger partial charge in [0.1, 0.15) is 61.0 Å². The van der Waals surface area contributed by atoms with E-state index < -0.39 is 186 Å². The molecule has 0 N–H and O–H groups in total. The SMILES string of the molecule is CC(OCC1OC(COCC2OC(COC(C)OC(=O)CS)C(OC(C)OC(=O)CS)C(OC(C)OC(=O)CS)[C@@H]2OC(C)OC(=O)CS)C(OC(C)OC(=O)CS)C(OC(C)OC(=O)CS)C1OC(C)OC(=O)CS)OC(=O)CS. The Morgan fingerprint density at radius 3 is 0.654 bits per heavy atom. The zero-order chi connectivity index (χ0) is 60.9. The molecule has 81 heavy (non-hydrogen) atoms. The summed E-state index contributed by atoms with van der Waals surface area (Å²) in [4.78, 5) is 99.6. The van der Waals surface area contributed by atoms with Crippen LogP contribution >= 0.6 is 101 Å². The predicted molar refractivity (Wildman–Crippen MR) is 305 cm³/mol. The number of carbonyl (C=O) groups is 8. The minimum atomic E-state index is -1.46. The second-order valence-corrected chi connectivity index (χ2v) is 19.5. The van der Waals surface area contributed by atoms with Gasteiger partial charge in [-0.05, 0) is 55.4 Å². The lowest BCUT2D eigenvalue weighted by molar-refractivity contribution is -0.337. The Labute approximate surface area is 513 Å². The van der Waals surface area contributed by atoms with Crippen LogP contribution < -0.4 is 0 Å². The molecule has 35 heteroatoms. The lowest BCUT2D eigenvalue weighted by Gasteiger charge is -2.48. The van der Waals surface area contributed by atoms with Crippen LogP contribution in [0.4, 0.5) is 0 Å². The normalized spacial score (nSPS) is 25.7. The molecule has 17 unspecified atom stereocenters. The first kappa shape index (κ1) is 75.2. The Kier molecular flexibility index (Phi) is 37.6. The average Bonchev–Trinajstić information content (AvgIpc) is 3.41. The zero-order valence-corrected chi connectivity index (χ0v) is 52.6. The fourth-order valence-electron chi connectivity index (χ4n) is 7.59. The molecule has 2 aliphatic rings. The third kappa shape index (κ3) is 28.5. The van der Waals surface area contributed by atoms with Gasteiger partial charge in [-0.3, -0.25) is 38.4 Å². The van der Waals surface area contributed by atoms with E-state index in [0.29, 0.717) is 0 Å². The van der Waals surface area contributed by atoms with E-state index in [-0.39, 0.29) is 46.0 Å². The Morgan fingerprint density at radius 2 is 0.457 bits per heavy atom. The lowest BCUT2D eigenvalue weighted by Crippen LogP contribution is -2.65. The number of ether oxygens (including phenoxy) is 19. The summed E-state index contributed by atoms with van der Waals surface area (Å²) in [6, 6.07) is 0. The maximum Gasteiger partial charge on any atom is 0.317 e. The summed E-state index contributed by atoms with van der Waals surface area (Å²) in [5.41, 5.74) is 0. The van der Waals surface area contributed by atoms with E-state index in [2.05, 4.69) is 101 Å². The van der Waals surface area contributed by atoms with Crippen molar-refractivity contribution in [2.75, 3.05) is 72.5 Å². The van der Waals surface area contributed by atoms with Gasteiger partial charge in [0.05, 0.1) is 72.5 Å². The molecule has 27 nitrogen and oxygen atoms in total. The summed E-state index contributed by atoms with van der Waals surface area (Å²) in [5.74, 6) is -8.90. The van der Waals surface area contributed by atoms with Crippen molar-refractivity contribution in [1.82, 2.24) is 0 Å². The van der Waals surface area contributed by atoms with Crippen LogP contribution in [0, 0.1) is 0 Å². The Balaban J connectivity index is 2.93. The van der Waals surface area contributed by atoms with Crippen LogP contribution in [0.1, 0.15) is 55.4 Å². The number of rotatable bonds is 38. The molecular weight excluding hydrogens is 1240 g/mol. The minimum absolute atomic E-state index is 0.288. The molecule has 0 radical (unpaired) electrons. The van der Waals surface area contributed by atoms with Gasteiger partial charge in [-0.1, -0.05) is 0 Å². The van der Waals surface area contributed by atoms with Crippen molar-refractivity contribution in [1.29, 1.82) is 0 Å². The van der Waals surface area contributed by atoms with Gasteiger partial charge in [0.15, 0.2) is 12.6 Å². The number of esters is 8. The van der Waals surface area contributed by atoms with E-state index >= 15 is 0 Å². The van der Waals surface area contributed by atoms with Crippen LogP contribution in [-0.4, -0.2) is 232 Å². The topological polar surface area (TPSA) is 312 Å². The van der Waals surface area contributed by atoms with Gasteiger partial charge in [0.25, 0.3) is 0 Å². The van der Waals surface area contributed by atoms with Crippen molar-refractivity contribution in [3.8, 4) is 0 Å². The summed E-state index contributed by atoms with van der Waals surface area (Å²) in [7, 11) is 0. The summed E-state index contributed by atoms with van der Waals surface area (Å²) in [6.07, 6.45) is -24.7. The van der Waals surface area contributed by atoms with E-state index in [1.807, 2.05) is 0 Å². The average molecular weight is 1320 g/mol. The second kappa shape index (κ2) is 40.5. The summed E-state index contributed by atoms with van der Waals surface area (Å²) < 4.78 is 113. The van der Waals surface area contributed by atoms with Crippen LogP contribution in [-0.2, 0) is 128 Å². The second-order valence-electron chi connectivity index (χ2n) is 17.0. The highest BCUT2D eigenvalue weighted by Crippen LogP contribution is 2.35. The molecule has 0 bridgehead atoms. The van der Waals surface area contributed by atoms with E-state index in [9.17, 15) is 38.4 Å². The van der Waals surface area contributed by atoms with Crippen molar-refractivity contribution < 1.29 is 128 Å². The molecule has 2 rings (SSSR count). The number of hydrogen-bond acceptors (Lipinski definition) is 35. The van der Waals surface area contributed by atoms with Crippen LogP contribution in [0.2, 0.25) is 0 Å². The summed E-state index contributed by atoms with van der Waals surface area (Å²) >= 11 is 31.9. The minimum Gasteiger partial charge on any atom is -0.435 e. The quantitative estimate of drug-likeness (QED) is 0.0188. The Morgan fingerprint density at radius 1 is 0.284 bits per heavy atom. The van der Waals surface area contributed by atoms with E-state index in [1.54, 1.807) is 0 Å². The molecule has 2 saturated heterocycles. The van der Waals surface area contributed by atoms with Crippen molar-refractivity contribution in [2.45, 2.75) is 167 Å². The third-order valence-corrected chi connectivity index (χ3v) is 12.6. The lowest BCUT2D eigenvalue weighted by atomic mass is 9.93. The van der Waals surface area contributed by atoms with Crippen LogP contribution in [0.25, 0.3) is 0 Å². The first-order chi connectivity index (χ1) is 38.3. The zero-order valence-electron chi connectivity index (χ0n) is 45.5. The summed E-state index contributed by atoms with van der Waals surface area (Å²) in [5, 5.41) is 0. The van der Waals surface area contributed by atoms with Gasteiger partial charge in [-0.25, -0.2) is 0 Å². The van der Waals surface area contributed by atoms with Crippen LogP contribution in [0.5, 0.6) is 0 Å². The molecule has 0 amide bonds. The molecule has 0 aromatic heterocycles. The molecule has 0 aliphatic carbocycles. The van der Waals surface area contributed by atoms with E-state index in [0.717, 1.165) is 0 Å². The molecule has 18 atom stereocenters. The Bertz CT molecular complexity index is 1820. The highest BCUT2D eigenvalue weighted by atomic mass is 32.1. The number of carbonyl (C=O) groups excluding carboxylic acids is 8. The molecule has 468 valence electrons. The summed E-state index contributed by atoms with van der Waals surface area (Å²) in [6.45, 7) is 9.12. The highest BCUT2D eigenvalue weighted by molar-refractivity contribution is 7.82. The molecule has 2 fully saturated rings. The van der Waals surface area contributed by atoms with Crippen molar-refractivity contribution >= 4 is 149 Å². The van der Waals surface area contributed by atoms with Crippen LogP contribution in [0.15, 0.2) is 0 Å². The largest absolute Gasteiger partial charge is 0.435 e. The highest BCUT2D eigenvalue weighted by Gasteiger charge is 2.53. The molecule has 2 heterocycles. The molecular formula is C46H74O27S8. The predicted octanol–water partition coefficient (Wildman–Crippen LogP) is 1.43. The fourth-order valence-corrected chi connectivity index (χ4v) is 8.18. The first-order valence-electron chi connectivity index (χ1n) is 24.8. The van der Waals surface area contributed by atoms with Gasteiger partial charge < -0.3 is 90.0 Å². The maximum atomic E-state index is 12.6. The smallest absolute Gasteiger partial charge is 0.317 e. The van der Waals surface area contributed by atoms with Gasteiger partial charge in [0, 0.05) is 0 Å². The molecule has 0 aromatic rings. The number of hydrogen-bond donors (Lipinski definition) is 8. The first-order valence-corrected chi connectivity index (χ1v) is 29.9. The Hall–Kier alpha value is -1.88. The van der Waals surface area contributed by atoms with E-state index in [4.69, 9.17) is 90.0 Å². The van der Waals surface area contributed by atoms with Gasteiger partial charge in [-0.2, -0.15) is 101 Å². The van der Waals surface area contributed by atoms with Gasteiger partial charge in [0.2, 0.25) is 37.7 Å². The van der Waals surface area contributed by atoms with E-state index in [1.165, 1.54) is 55.4 Å². The molecule has 0 aromatic carbocycles. The molecule has 0 saturated carbocycles.